The van der Waals surface area contributed by atoms with E-state index in [1.807, 2.05) is 13.8 Å². The number of carbonyl (C=O) groups excluding carboxylic acids is 2. The lowest BCUT2D eigenvalue weighted by Crippen LogP contribution is -2.36. The van der Waals surface area contributed by atoms with Gasteiger partial charge in [-0.25, -0.2) is 9.78 Å². The fourth-order valence-electron chi connectivity index (χ4n) is 2.79. The molecule has 31 heavy (non-hydrogen) atoms. The average molecular weight is 456 g/mol. The SMILES string of the molecule is CC(C)NC(=O)c1ccn2c(-c3cccc(NC(=O)NCC(F)(F)F)c3)cnc2c1.Cl. The fourth-order valence-corrected chi connectivity index (χ4v) is 2.79. The third kappa shape index (κ3) is 6.35. The maximum Gasteiger partial charge on any atom is 0.405 e. The van der Waals surface area contributed by atoms with Gasteiger partial charge < -0.3 is 16.0 Å². The van der Waals surface area contributed by atoms with Crippen LogP contribution in [0.4, 0.5) is 23.7 Å². The Kier molecular flexibility index (Phi) is 7.50. The zero-order valence-electron chi connectivity index (χ0n) is 16.7. The lowest BCUT2D eigenvalue weighted by atomic mass is 10.1. The van der Waals surface area contributed by atoms with Crippen molar-refractivity contribution in [3.8, 4) is 11.3 Å². The van der Waals surface area contributed by atoms with Gasteiger partial charge in [0.2, 0.25) is 0 Å². The molecule has 3 aromatic rings. The van der Waals surface area contributed by atoms with Gasteiger partial charge in [0.25, 0.3) is 5.91 Å². The number of amides is 3. The molecule has 0 fully saturated rings. The molecule has 0 aliphatic heterocycles. The maximum absolute atomic E-state index is 12.2. The summed E-state index contributed by atoms with van der Waals surface area (Å²) < 4.78 is 38.4. The summed E-state index contributed by atoms with van der Waals surface area (Å²) in [6.45, 7) is 2.32. The van der Waals surface area contributed by atoms with E-state index in [0.29, 0.717) is 28.2 Å². The Morgan fingerprint density at radius 2 is 1.90 bits per heavy atom. The van der Waals surface area contributed by atoms with Crippen molar-refractivity contribution in [3.63, 3.8) is 0 Å². The summed E-state index contributed by atoms with van der Waals surface area (Å²) in [5.41, 5.74) is 2.75. The predicted molar refractivity (Wildman–Crippen MR) is 114 cm³/mol. The van der Waals surface area contributed by atoms with Crippen molar-refractivity contribution < 1.29 is 22.8 Å². The van der Waals surface area contributed by atoms with Crippen LogP contribution in [0.15, 0.2) is 48.8 Å². The highest BCUT2D eigenvalue weighted by Crippen LogP contribution is 2.24. The van der Waals surface area contributed by atoms with E-state index in [9.17, 15) is 22.8 Å². The number of aromatic nitrogens is 2. The molecule has 0 atom stereocenters. The number of carbonyl (C=O) groups is 2. The first-order chi connectivity index (χ1) is 14.1. The molecule has 3 amide bonds. The van der Waals surface area contributed by atoms with Crippen LogP contribution in [-0.2, 0) is 0 Å². The van der Waals surface area contributed by atoms with E-state index in [-0.39, 0.29) is 24.4 Å². The lowest BCUT2D eigenvalue weighted by molar-refractivity contribution is -0.122. The summed E-state index contributed by atoms with van der Waals surface area (Å²) in [5.74, 6) is -0.201. The third-order valence-corrected chi connectivity index (χ3v) is 4.06. The number of alkyl halides is 3. The number of anilines is 1. The summed E-state index contributed by atoms with van der Waals surface area (Å²) in [4.78, 5) is 28.2. The van der Waals surface area contributed by atoms with E-state index >= 15 is 0 Å². The Balaban J connectivity index is 0.00000341. The van der Waals surface area contributed by atoms with E-state index in [1.54, 1.807) is 58.5 Å². The van der Waals surface area contributed by atoms with Crippen LogP contribution in [0.3, 0.4) is 0 Å². The molecule has 0 radical (unpaired) electrons. The molecule has 11 heteroatoms. The van der Waals surface area contributed by atoms with Crippen LogP contribution in [-0.4, -0.2) is 40.1 Å². The van der Waals surface area contributed by atoms with Crippen molar-refractivity contribution in [1.82, 2.24) is 20.0 Å². The quantitative estimate of drug-likeness (QED) is 0.537. The Morgan fingerprint density at radius 3 is 2.58 bits per heavy atom. The van der Waals surface area contributed by atoms with Gasteiger partial charge in [-0.3, -0.25) is 9.20 Å². The maximum atomic E-state index is 12.2. The van der Waals surface area contributed by atoms with Crippen molar-refractivity contribution in [2.24, 2.45) is 0 Å². The molecule has 3 rings (SSSR count). The van der Waals surface area contributed by atoms with E-state index in [1.165, 1.54) is 0 Å². The van der Waals surface area contributed by atoms with Crippen LogP contribution in [0.2, 0.25) is 0 Å². The molecule has 0 saturated carbocycles. The number of nitrogens with zero attached hydrogens (tertiary/aromatic N) is 2. The highest BCUT2D eigenvalue weighted by Gasteiger charge is 2.27. The van der Waals surface area contributed by atoms with Crippen molar-refractivity contribution in [1.29, 1.82) is 0 Å². The molecule has 166 valence electrons. The second-order valence-electron chi connectivity index (χ2n) is 6.92. The van der Waals surface area contributed by atoms with Gasteiger partial charge in [-0.2, -0.15) is 13.2 Å². The highest BCUT2D eigenvalue weighted by atomic mass is 35.5. The summed E-state index contributed by atoms with van der Waals surface area (Å²) >= 11 is 0. The van der Waals surface area contributed by atoms with Crippen molar-refractivity contribution in [3.05, 3.63) is 54.4 Å². The predicted octanol–water partition coefficient (Wildman–Crippen LogP) is 4.25. The van der Waals surface area contributed by atoms with Gasteiger partial charge >= 0.3 is 12.2 Å². The van der Waals surface area contributed by atoms with Crippen molar-refractivity contribution in [2.75, 3.05) is 11.9 Å². The number of hydrogen-bond donors (Lipinski definition) is 3. The molecule has 0 saturated heterocycles. The fraction of sp³-hybridized carbons (Fsp3) is 0.250. The first-order valence-corrected chi connectivity index (χ1v) is 9.12. The monoisotopic (exact) mass is 455 g/mol. The number of hydrogen-bond acceptors (Lipinski definition) is 3. The topological polar surface area (TPSA) is 87.5 Å². The Bertz CT molecular complexity index is 1080. The van der Waals surface area contributed by atoms with Crippen LogP contribution < -0.4 is 16.0 Å². The molecule has 0 aliphatic carbocycles. The minimum absolute atomic E-state index is 0. The van der Waals surface area contributed by atoms with Gasteiger partial charge in [-0.1, -0.05) is 12.1 Å². The van der Waals surface area contributed by atoms with E-state index < -0.39 is 18.8 Å². The molecule has 0 bridgehead atoms. The number of fused-ring (bicyclic) bond motifs is 1. The zero-order valence-corrected chi connectivity index (χ0v) is 17.5. The molecule has 7 nitrogen and oxygen atoms in total. The van der Waals surface area contributed by atoms with Gasteiger partial charge in [0, 0.05) is 29.1 Å². The molecule has 1 aromatic carbocycles. The van der Waals surface area contributed by atoms with Crippen LogP contribution in [0.1, 0.15) is 24.2 Å². The van der Waals surface area contributed by atoms with Gasteiger partial charge in [0.15, 0.2) is 0 Å². The average Bonchev–Trinajstić information content (AvgIpc) is 3.09. The second-order valence-corrected chi connectivity index (χ2v) is 6.92. The summed E-state index contributed by atoms with van der Waals surface area (Å²) in [6, 6.07) is 9.01. The number of rotatable bonds is 5. The number of imidazole rings is 1. The number of benzene rings is 1. The standard InChI is InChI=1S/C20H20F3N5O2.ClH/c1-12(2)26-18(29)14-6-7-28-16(10-24-17(28)9-14)13-4-3-5-15(8-13)27-19(30)25-11-20(21,22)23;/h3-10,12H,11H2,1-2H3,(H,26,29)(H2,25,27,30);1H. The second kappa shape index (κ2) is 9.69. The molecule has 2 heterocycles. The van der Waals surface area contributed by atoms with Gasteiger partial charge in [0.1, 0.15) is 12.2 Å². The van der Waals surface area contributed by atoms with Gasteiger partial charge in [0.05, 0.1) is 11.9 Å². The Morgan fingerprint density at radius 1 is 1.16 bits per heavy atom. The first kappa shape index (κ1) is 24.0. The van der Waals surface area contributed by atoms with Crippen LogP contribution in [0, 0.1) is 0 Å². The summed E-state index contributed by atoms with van der Waals surface area (Å²) in [6.07, 6.45) is -1.16. The number of halogens is 4. The van der Waals surface area contributed by atoms with Gasteiger partial charge in [-0.15, -0.1) is 12.4 Å². The van der Waals surface area contributed by atoms with Crippen LogP contribution in [0.25, 0.3) is 16.9 Å². The van der Waals surface area contributed by atoms with E-state index in [4.69, 9.17) is 0 Å². The Labute approximate surface area is 182 Å². The molecular weight excluding hydrogens is 435 g/mol. The van der Waals surface area contributed by atoms with Gasteiger partial charge in [-0.05, 0) is 38.1 Å². The number of nitrogens with one attached hydrogen (secondary N) is 3. The van der Waals surface area contributed by atoms with E-state index in [2.05, 4.69) is 15.6 Å². The van der Waals surface area contributed by atoms with E-state index in [0.717, 1.165) is 0 Å². The first-order valence-electron chi connectivity index (χ1n) is 9.12. The summed E-state index contributed by atoms with van der Waals surface area (Å²) in [7, 11) is 0. The molecule has 2 aromatic heterocycles. The third-order valence-electron chi connectivity index (χ3n) is 4.06. The minimum atomic E-state index is -4.49. The smallest absolute Gasteiger partial charge is 0.350 e. The van der Waals surface area contributed by atoms with Crippen LogP contribution in [0.5, 0.6) is 0 Å². The normalized spacial score (nSPS) is 11.2. The largest absolute Gasteiger partial charge is 0.405 e. The summed E-state index contributed by atoms with van der Waals surface area (Å²) in [5, 5.41) is 6.94. The molecular formula is C20H21ClF3N5O2. The highest BCUT2D eigenvalue weighted by molar-refractivity contribution is 5.95. The molecule has 0 aliphatic rings. The molecule has 0 unspecified atom stereocenters. The molecule has 0 spiro atoms. The number of urea groups is 1. The molecule has 3 N–H and O–H groups in total. The minimum Gasteiger partial charge on any atom is -0.350 e. The number of pyridine rings is 1. The zero-order chi connectivity index (χ0) is 21.9. The van der Waals surface area contributed by atoms with Crippen LogP contribution >= 0.6 is 12.4 Å². The van der Waals surface area contributed by atoms with Crippen molar-refractivity contribution in [2.45, 2.75) is 26.1 Å². The Hall–Kier alpha value is -3.27. The van der Waals surface area contributed by atoms with Crippen molar-refractivity contribution >= 4 is 35.7 Å². The lowest BCUT2D eigenvalue weighted by Gasteiger charge is -2.11.